The summed E-state index contributed by atoms with van der Waals surface area (Å²) in [6.45, 7) is 4.48. The van der Waals surface area contributed by atoms with Crippen LogP contribution >= 0.6 is 11.6 Å². The Labute approximate surface area is 154 Å². The van der Waals surface area contributed by atoms with E-state index in [4.69, 9.17) is 16.3 Å². The van der Waals surface area contributed by atoms with Gasteiger partial charge < -0.3 is 10.1 Å². The van der Waals surface area contributed by atoms with E-state index in [0.29, 0.717) is 24.4 Å². The lowest BCUT2D eigenvalue weighted by molar-refractivity contribution is -0.126. The fourth-order valence-electron chi connectivity index (χ4n) is 2.83. The molecule has 1 saturated heterocycles. The number of piperidine rings is 1. The van der Waals surface area contributed by atoms with Gasteiger partial charge in [0.2, 0.25) is 15.9 Å². The van der Waals surface area contributed by atoms with Crippen molar-refractivity contribution in [2.24, 2.45) is 5.92 Å². The minimum Gasteiger partial charge on any atom is -0.495 e. The number of rotatable bonds is 6. The van der Waals surface area contributed by atoms with Gasteiger partial charge in [0.05, 0.1) is 13.0 Å². The number of hydrogen-bond acceptors (Lipinski definition) is 4. The molecule has 0 bridgehead atoms. The molecule has 1 N–H and O–H groups in total. The van der Waals surface area contributed by atoms with Crippen molar-refractivity contribution in [1.82, 2.24) is 9.62 Å². The molecule has 2 atom stereocenters. The number of ether oxygens (including phenoxy) is 1. The summed E-state index contributed by atoms with van der Waals surface area (Å²) in [6.07, 6.45) is 2.15. The third-order valence-electron chi connectivity index (χ3n) is 4.50. The third kappa shape index (κ3) is 4.65. The Balaban J connectivity index is 2.22. The fraction of sp³-hybridized carbons (Fsp3) is 0.588. The molecule has 1 fully saturated rings. The van der Waals surface area contributed by atoms with Crippen LogP contribution in [0.4, 0.5) is 0 Å². The van der Waals surface area contributed by atoms with Gasteiger partial charge >= 0.3 is 0 Å². The zero-order chi connectivity index (χ0) is 18.6. The highest BCUT2D eigenvalue weighted by molar-refractivity contribution is 7.89. The van der Waals surface area contributed by atoms with Crippen molar-refractivity contribution in [2.75, 3.05) is 20.2 Å². The summed E-state index contributed by atoms with van der Waals surface area (Å²) in [5, 5.41) is 3.26. The van der Waals surface area contributed by atoms with Gasteiger partial charge in [-0.25, -0.2) is 8.42 Å². The van der Waals surface area contributed by atoms with Crippen molar-refractivity contribution in [3.63, 3.8) is 0 Å². The lowest BCUT2D eigenvalue weighted by Crippen LogP contribution is -2.47. The molecule has 0 unspecified atom stereocenters. The van der Waals surface area contributed by atoms with Crippen molar-refractivity contribution in [3.05, 3.63) is 23.2 Å². The second kappa shape index (κ2) is 8.38. The van der Waals surface area contributed by atoms with Crippen LogP contribution in [0.3, 0.4) is 0 Å². The zero-order valence-corrected chi connectivity index (χ0v) is 16.4. The van der Waals surface area contributed by atoms with Gasteiger partial charge in [0.1, 0.15) is 10.6 Å². The van der Waals surface area contributed by atoms with Gasteiger partial charge in [-0.05, 0) is 44.4 Å². The number of amides is 1. The Morgan fingerprint density at radius 1 is 1.48 bits per heavy atom. The number of halogens is 1. The average Bonchev–Trinajstić information content (AvgIpc) is 2.61. The van der Waals surface area contributed by atoms with Crippen molar-refractivity contribution in [3.8, 4) is 5.75 Å². The first-order chi connectivity index (χ1) is 11.8. The first-order valence-electron chi connectivity index (χ1n) is 8.43. The molecule has 1 aromatic carbocycles. The second-order valence-corrected chi connectivity index (χ2v) is 8.66. The van der Waals surface area contributed by atoms with Crippen LogP contribution in [-0.2, 0) is 14.8 Å². The minimum absolute atomic E-state index is 0.0329. The van der Waals surface area contributed by atoms with E-state index in [1.54, 1.807) is 6.07 Å². The summed E-state index contributed by atoms with van der Waals surface area (Å²) in [4.78, 5) is 12.4. The number of nitrogens with one attached hydrogen (secondary N) is 1. The van der Waals surface area contributed by atoms with Crippen LogP contribution in [0.2, 0.25) is 5.02 Å². The van der Waals surface area contributed by atoms with E-state index in [-0.39, 0.29) is 35.1 Å². The lowest BCUT2D eigenvalue weighted by atomic mass is 9.98. The Bertz CT molecular complexity index is 723. The molecule has 0 saturated carbocycles. The molecule has 0 aliphatic carbocycles. The van der Waals surface area contributed by atoms with E-state index in [2.05, 4.69) is 5.32 Å². The Hall–Kier alpha value is -1.31. The van der Waals surface area contributed by atoms with Crippen LogP contribution in [0, 0.1) is 5.92 Å². The highest BCUT2D eigenvalue weighted by Crippen LogP contribution is 2.31. The van der Waals surface area contributed by atoms with Crippen LogP contribution in [0.15, 0.2) is 23.1 Å². The molecule has 1 heterocycles. The van der Waals surface area contributed by atoms with Gasteiger partial charge in [0.25, 0.3) is 0 Å². The van der Waals surface area contributed by atoms with Gasteiger partial charge in [-0.1, -0.05) is 18.5 Å². The Morgan fingerprint density at radius 3 is 2.84 bits per heavy atom. The highest BCUT2D eigenvalue weighted by Gasteiger charge is 2.35. The van der Waals surface area contributed by atoms with E-state index in [0.717, 1.165) is 6.42 Å². The topological polar surface area (TPSA) is 75.7 Å². The Morgan fingerprint density at radius 2 is 2.20 bits per heavy atom. The Kier molecular flexibility index (Phi) is 6.71. The number of nitrogens with zero attached hydrogens (tertiary/aromatic N) is 1. The van der Waals surface area contributed by atoms with Gasteiger partial charge in [-0.3, -0.25) is 4.79 Å². The molecule has 0 spiro atoms. The molecule has 0 radical (unpaired) electrons. The summed E-state index contributed by atoms with van der Waals surface area (Å²) in [6, 6.07) is 4.58. The first kappa shape index (κ1) is 20.0. The minimum atomic E-state index is -3.78. The summed E-state index contributed by atoms with van der Waals surface area (Å²) in [7, 11) is -2.37. The van der Waals surface area contributed by atoms with E-state index >= 15 is 0 Å². The number of carbonyl (C=O) groups excluding carboxylic acids is 1. The van der Waals surface area contributed by atoms with Crippen LogP contribution in [0.5, 0.6) is 5.75 Å². The molecular weight excluding hydrogens is 364 g/mol. The zero-order valence-electron chi connectivity index (χ0n) is 14.8. The summed E-state index contributed by atoms with van der Waals surface area (Å²) >= 11 is 5.97. The van der Waals surface area contributed by atoms with Gasteiger partial charge in [-0.15, -0.1) is 0 Å². The molecule has 1 aliphatic rings. The second-order valence-electron chi connectivity index (χ2n) is 6.32. The molecule has 1 aliphatic heterocycles. The molecule has 140 valence electrons. The summed E-state index contributed by atoms with van der Waals surface area (Å²) < 4.78 is 32.6. The molecule has 6 nitrogen and oxygen atoms in total. The summed E-state index contributed by atoms with van der Waals surface area (Å²) in [5.41, 5.74) is 0. The molecule has 1 aromatic rings. The average molecular weight is 389 g/mol. The molecule has 0 aromatic heterocycles. The number of benzene rings is 1. The predicted molar refractivity (Wildman–Crippen MR) is 97.4 cm³/mol. The third-order valence-corrected chi connectivity index (χ3v) is 6.62. The number of carbonyl (C=O) groups is 1. The normalized spacial score (nSPS) is 20.1. The maximum absolute atomic E-state index is 13.0. The molecule has 8 heteroatoms. The maximum Gasteiger partial charge on any atom is 0.246 e. The first-order valence-corrected chi connectivity index (χ1v) is 10.3. The number of hydrogen-bond donors (Lipinski definition) is 1. The van der Waals surface area contributed by atoms with E-state index in [9.17, 15) is 13.2 Å². The number of sulfonamides is 1. The predicted octanol–water partition coefficient (Wildman–Crippen LogP) is 2.66. The smallest absolute Gasteiger partial charge is 0.246 e. The monoisotopic (exact) mass is 388 g/mol. The van der Waals surface area contributed by atoms with Crippen molar-refractivity contribution < 1.29 is 17.9 Å². The van der Waals surface area contributed by atoms with E-state index < -0.39 is 10.0 Å². The molecule has 1 amide bonds. The fourth-order valence-corrected chi connectivity index (χ4v) is 4.77. The SMILES string of the molecule is CC[C@H](C)NC(=O)[C@@H]1CCCN(S(=O)(=O)c2cc(Cl)ccc2OC)C1. The van der Waals surface area contributed by atoms with Gasteiger partial charge in [0.15, 0.2) is 0 Å². The van der Waals surface area contributed by atoms with Crippen molar-refractivity contribution in [2.45, 2.75) is 44.0 Å². The lowest BCUT2D eigenvalue weighted by Gasteiger charge is -2.32. The maximum atomic E-state index is 13.0. The quantitative estimate of drug-likeness (QED) is 0.812. The van der Waals surface area contributed by atoms with Crippen LogP contribution in [0.25, 0.3) is 0 Å². The number of methoxy groups -OCH3 is 1. The molecular formula is C17H25ClN2O4S. The molecule has 25 heavy (non-hydrogen) atoms. The van der Waals surface area contributed by atoms with Crippen molar-refractivity contribution >= 4 is 27.5 Å². The van der Waals surface area contributed by atoms with Gasteiger partial charge in [-0.2, -0.15) is 4.31 Å². The van der Waals surface area contributed by atoms with Crippen LogP contribution < -0.4 is 10.1 Å². The van der Waals surface area contributed by atoms with Crippen LogP contribution in [0.1, 0.15) is 33.1 Å². The van der Waals surface area contributed by atoms with Crippen molar-refractivity contribution in [1.29, 1.82) is 0 Å². The van der Waals surface area contributed by atoms with E-state index in [1.165, 1.54) is 23.5 Å². The van der Waals surface area contributed by atoms with Crippen LogP contribution in [-0.4, -0.2) is 44.9 Å². The molecule has 2 rings (SSSR count). The van der Waals surface area contributed by atoms with E-state index in [1.807, 2.05) is 13.8 Å². The highest BCUT2D eigenvalue weighted by atomic mass is 35.5. The standard InChI is InChI=1S/C17H25ClN2O4S/c1-4-12(2)19-17(21)13-6-5-9-20(11-13)25(22,23)16-10-14(18)7-8-15(16)24-3/h7-8,10,12-13H,4-6,9,11H2,1-3H3,(H,19,21)/t12-,13+/m0/s1. The van der Waals surface area contributed by atoms with Gasteiger partial charge in [0, 0.05) is 24.2 Å². The largest absolute Gasteiger partial charge is 0.495 e. The summed E-state index contributed by atoms with van der Waals surface area (Å²) in [5.74, 6) is -0.189.